The van der Waals surface area contributed by atoms with Gasteiger partial charge in [-0.15, -0.1) is 0 Å². The highest BCUT2D eigenvalue weighted by Gasteiger charge is 2.37. The molecule has 3 rings (SSSR count). The standard InChI is InChI=1S/C19H24N4O2/c1-4-15-7-5-6-8-17(15)23-13-16(9-18(23)24)19(25)21(2)11-14-10-20-22(3)12-14/h5-8,10,12,16H,4,9,11,13H2,1-3H3. The molecule has 1 saturated heterocycles. The number of amides is 2. The van der Waals surface area contributed by atoms with Crippen molar-refractivity contribution >= 4 is 17.5 Å². The van der Waals surface area contributed by atoms with Crippen LogP contribution < -0.4 is 4.90 Å². The topological polar surface area (TPSA) is 58.4 Å². The molecule has 0 radical (unpaired) electrons. The van der Waals surface area contributed by atoms with E-state index in [9.17, 15) is 9.59 Å². The summed E-state index contributed by atoms with van der Waals surface area (Å²) in [6.45, 7) is 3.03. The van der Waals surface area contributed by atoms with Gasteiger partial charge in [-0.25, -0.2) is 0 Å². The van der Waals surface area contributed by atoms with Crippen LogP contribution in [0.2, 0.25) is 0 Å². The highest BCUT2D eigenvalue weighted by atomic mass is 16.2. The average molecular weight is 340 g/mol. The summed E-state index contributed by atoms with van der Waals surface area (Å²) in [4.78, 5) is 28.7. The monoisotopic (exact) mass is 340 g/mol. The maximum absolute atomic E-state index is 12.8. The van der Waals surface area contributed by atoms with Gasteiger partial charge in [-0.2, -0.15) is 5.10 Å². The summed E-state index contributed by atoms with van der Waals surface area (Å²) in [7, 11) is 3.63. The van der Waals surface area contributed by atoms with Crippen LogP contribution in [-0.4, -0.2) is 40.1 Å². The Morgan fingerprint density at radius 2 is 2.12 bits per heavy atom. The second kappa shape index (κ2) is 7.09. The molecule has 2 heterocycles. The van der Waals surface area contributed by atoms with Crippen LogP contribution in [-0.2, 0) is 29.6 Å². The van der Waals surface area contributed by atoms with Crippen LogP contribution in [0.5, 0.6) is 0 Å². The zero-order chi connectivity index (χ0) is 18.0. The first-order chi connectivity index (χ1) is 12.0. The molecular formula is C19H24N4O2. The van der Waals surface area contributed by atoms with Gasteiger partial charge in [-0.1, -0.05) is 25.1 Å². The molecule has 6 heteroatoms. The van der Waals surface area contributed by atoms with Crippen molar-refractivity contribution in [1.82, 2.24) is 14.7 Å². The highest BCUT2D eigenvalue weighted by Crippen LogP contribution is 2.29. The molecule has 0 N–H and O–H groups in total. The summed E-state index contributed by atoms with van der Waals surface area (Å²) >= 11 is 0. The van der Waals surface area contributed by atoms with Gasteiger partial charge >= 0.3 is 0 Å². The minimum Gasteiger partial charge on any atom is -0.341 e. The lowest BCUT2D eigenvalue weighted by molar-refractivity contribution is -0.135. The molecular weight excluding hydrogens is 316 g/mol. The Hall–Kier alpha value is -2.63. The van der Waals surface area contributed by atoms with Gasteiger partial charge in [-0.05, 0) is 18.1 Å². The number of benzene rings is 1. The molecule has 0 saturated carbocycles. The molecule has 1 unspecified atom stereocenters. The van der Waals surface area contributed by atoms with E-state index in [1.807, 2.05) is 37.5 Å². The summed E-state index contributed by atoms with van der Waals surface area (Å²) in [5, 5.41) is 4.13. The number of hydrogen-bond acceptors (Lipinski definition) is 3. The second-order valence-corrected chi connectivity index (χ2v) is 6.60. The molecule has 6 nitrogen and oxygen atoms in total. The van der Waals surface area contributed by atoms with Gasteiger partial charge in [-0.3, -0.25) is 14.3 Å². The van der Waals surface area contributed by atoms with Crippen molar-refractivity contribution in [1.29, 1.82) is 0 Å². The highest BCUT2D eigenvalue weighted by molar-refractivity contribution is 6.00. The molecule has 2 aromatic rings. The van der Waals surface area contributed by atoms with Crippen molar-refractivity contribution < 1.29 is 9.59 Å². The van der Waals surface area contributed by atoms with Crippen molar-refractivity contribution in [3.63, 3.8) is 0 Å². The van der Waals surface area contributed by atoms with E-state index in [0.717, 1.165) is 23.2 Å². The number of nitrogens with zero attached hydrogens (tertiary/aromatic N) is 4. The number of hydrogen-bond donors (Lipinski definition) is 0. The van der Waals surface area contributed by atoms with Gasteiger partial charge < -0.3 is 9.80 Å². The Labute approximate surface area is 148 Å². The van der Waals surface area contributed by atoms with Crippen LogP contribution in [0.1, 0.15) is 24.5 Å². The van der Waals surface area contributed by atoms with E-state index in [0.29, 0.717) is 13.1 Å². The number of anilines is 1. The smallest absolute Gasteiger partial charge is 0.228 e. The van der Waals surface area contributed by atoms with Crippen LogP contribution in [0, 0.1) is 5.92 Å². The number of aryl methyl sites for hydroxylation is 2. The predicted octanol–water partition coefficient (Wildman–Crippen LogP) is 1.99. The van der Waals surface area contributed by atoms with Crippen LogP contribution in [0.25, 0.3) is 0 Å². The number of rotatable bonds is 5. The number of aromatic nitrogens is 2. The summed E-state index contributed by atoms with van der Waals surface area (Å²) in [5.41, 5.74) is 3.05. The van der Waals surface area contributed by atoms with Crippen LogP contribution in [0.15, 0.2) is 36.7 Å². The summed E-state index contributed by atoms with van der Waals surface area (Å²) in [6, 6.07) is 7.91. The summed E-state index contributed by atoms with van der Waals surface area (Å²) in [6.07, 6.45) is 4.79. The molecule has 0 spiro atoms. The Balaban J connectivity index is 1.70. The van der Waals surface area contributed by atoms with E-state index in [4.69, 9.17) is 0 Å². The van der Waals surface area contributed by atoms with Crippen molar-refractivity contribution in [2.75, 3.05) is 18.5 Å². The molecule has 1 aromatic carbocycles. The Morgan fingerprint density at radius 3 is 2.80 bits per heavy atom. The molecule has 1 aromatic heterocycles. The lowest BCUT2D eigenvalue weighted by Crippen LogP contribution is -2.34. The first-order valence-electron chi connectivity index (χ1n) is 8.60. The van der Waals surface area contributed by atoms with Crippen LogP contribution in [0.3, 0.4) is 0 Å². The first-order valence-corrected chi connectivity index (χ1v) is 8.60. The van der Waals surface area contributed by atoms with E-state index in [2.05, 4.69) is 12.0 Å². The lowest BCUT2D eigenvalue weighted by atomic mass is 10.1. The molecule has 1 aliphatic heterocycles. The van der Waals surface area contributed by atoms with Gasteiger partial charge in [0, 0.05) is 51.1 Å². The Bertz CT molecular complexity index is 783. The fourth-order valence-corrected chi connectivity index (χ4v) is 3.40. The number of para-hydroxylation sites is 1. The van der Waals surface area contributed by atoms with Crippen LogP contribution >= 0.6 is 0 Å². The molecule has 132 valence electrons. The normalized spacial score (nSPS) is 17.2. The minimum absolute atomic E-state index is 0.00804. The molecule has 1 atom stereocenters. The van der Waals surface area contributed by atoms with Crippen molar-refractivity contribution in [2.45, 2.75) is 26.3 Å². The molecule has 1 fully saturated rings. The minimum atomic E-state index is -0.293. The van der Waals surface area contributed by atoms with E-state index in [-0.39, 0.29) is 24.2 Å². The fourth-order valence-electron chi connectivity index (χ4n) is 3.40. The van der Waals surface area contributed by atoms with E-state index in [1.54, 1.807) is 27.7 Å². The second-order valence-electron chi connectivity index (χ2n) is 6.60. The lowest BCUT2D eigenvalue weighted by Gasteiger charge is -2.22. The quantitative estimate of drug-likeness (QED) is 0.836. The van der Waals surface area contributed by atoms with E-state index in [1.165, 1.54) is 0 Å². The third-order valence-electron chi connectivity index (χ3n) is 4.69. The Kier molecular flexibility index (Phi) is 4.88. The molecule has 0 aliphatic carbocycles. The van der Waals surface area contributed by atoms with Gasteiger partial charge in [0.05, 0.1) is 12.1 Å². The maximum atomic E-state index is 12.8. The van der Waals surface area contributed by atoms with Gasteiger partial charge in [0.1, 0.15) is 0 Å². The SMILES string of the molecule is CCc1ccccc1N1CC(C(=O)N(C)Cc2cnn(C)c2)CC1=O. The number of carbonyl (C=O) groups excluding carboxylic acids is 2. The number of carbonyl (C=O) groups is 2. The molecule has 2 amide bonds. The molecule has 25 heavy (non-hydrogen) atoms. The van der Waals surface area contributed by atoms with E-state index >= 15 is 0 Å². The van der Waals surface area contributed by atoms with Gasteiger partial charge in [0.25, 0.3) is 0 Å². The molecule has 1 aliphatic rings. The van der Waals surface area contributed by atoms with Crippen molar-refractivity contribution in [3.05, 3.63) is 47.8 Å². The van der Waals surface area contributed by atoms with Crippen molar-refractivity contribution in [2.24, 2.45) is 13.0 Å². The van der Waals surface area contributed by atoms with E-state index < -0.39 is 0 Å². The zero-order valence-corrected chi connectivity index (χ0v) is 15.0. The predicted molar refractivity (Wildman–Crippen MR) is 96.0 cm³/mol. The van der Waals surface area contributed by atoms with Gasteiger partial charge in [0.2, 0.25) is 11.8 Å². The van der Waals surface area contributed by atoms with Crippen LogP contribution in [0.4, 0.5) is 5.69 Å². The van der Waals surface area contributed by atoms with Gasteiger partial charge in [0.15, 0.2) is 0 Å². The zero-order valence-electron chi connectivity index (χ0n) is 15.0. The third-order valence-corrected chi connectivity index (χ3v) is 4.69. The van der Waals surface area contributed by atoms with Crippen molar-refractivity contribution in [3.8, 4) is 0 Å². The summed E-state index contributed by atoms with van der Waals surface area (Å²) in [5.74, 6) is -0.262. The maximum Gasteiger partial charge on any atom is 0.228 e. The fraction of sp³-hybridized carbons (Fsp3) is 0.421. The molecule has 0 bridgehead atoms. The Morgan fingerprint density at radius 1 is 1.36 bits per heavy atom. The average Bonchev–Trinajstić information content (AvgIpc) is 3.19. The largest absolute Gasteiger partial charge is 0.341 e. The first kappa shape index (κ1) is 17.2. The third kappa shape index (κ3) is 3.57. The summed E-state index contributed by atoms with van der Waals surface area (Å²) < 4.78 is 1.72.